The van der Waals surface area contributed by atoms with E-state index < -0.39 is 0 Å². The standard InChI is InChI=1S/C23H20N2O2S/c26-22(15-14-18-8-3-1-4-9-18)25-23(28)24-20-12-7-13-21(16-20)27-17-19-10-5-2-6-11-19/h1-16H,17H2,(H2,24,25,26,28)/b15-14+. The molecular weight excluding hydrogens is 368 g/mol. The second kappa shape index (κ2) is 10.0. The molecule has 0 saturated heterocycles. The average Bonchev–Trinajstić information content (AvgIpc) is 2.72. The molecule has 2 N–H and O–H groups in total. The lowest BCUT2D eigenvalue weighted by molar-refractivity contribution is -0.115. The van der Waals surface area contributed by atoms with Crippen molar-refractivity contribution < 1.29 is 9.53 Å². The fourth-order valence-electron chi connectivity index (χ4n) is 2.46. The van der Waals surface area contributed by atoms with Crippen LogP contribution in [0.15, 0.2) is 91.0 Å². The molecule has 3 aromatic rings. The summed E-state index contributed by atoms with van der Waals surface area (Å²) in [5.41, 5.74) is 2.77. The van der Waals surface area contributed by atoms with Crippen LogP contribution in [0.2, 0.25) is 0 Å². The van der Waals surface area contributed by atoms with E-state index in [1.807, 2.05) is 84.9 Å². The van der Waals surface area contributed by atoms with Crippen LogP contribution in [0.5, 0.6) is 5.75 Å². The lowest BCUT2D eigenvalue weighted by atomic mass is 10.2. The van der Waals surface area contributed by atoms with Crippen molar-refractivity contribution in [2.75, 3.05) is 5.32 Å². The van der Waals surface area contributed by atoms with Crippen molar-refractivity contribution in [3.63, 3.8) is 0 Å². The monoisotopic (exact) mass is 388 g/mol. The highest BCUT2D eigenvalue weighted by Gasteiger charge is 2.03. The van der Waals surface area contributed by atoms with Crippen LogP contribution < -0.4 is 15.4 Å². The summed E-state index contributed by atoms with van der Waals surface area (Å²) in [7, 11) is 0. The van der Waals surface area contributed by atoms with E-state index in [4.69, 9.17) is 17.0 Å². The van der Waals surface area contributed by atoms with Gasteiger partial charge in [-0.3, -0.25) is 10.1 Å². The van der Waals surface area contributed by atoms with Gasteiger partial charge in [-0.05, 0) is 41.6 Å². The summed E-state index contributed by atoms with van der Waals surface area (Å²) in [6, 6.07) is 27.0. The fraction of sp³-hybridized carbons (Fsp3) is 0.0435. The van der Waals surface area contributed by atoms with Gasteiger partial charge in [-0.1, -0.05) is 66.7 Å². The van der Waals surface area contributed by atoms with Crippen LogP contribution in [0.3, 0.4) is 0 Å². The van der Waals surface area contributed by atoms with Crippen molar-refractivity contribution in [2.24, 2.45) is 0 Å². The summed E-state index contributed by atoms with van der Waals surface area (Å²) < 4.78 is 5.80. The molecule has 0 aliphatic heterocycles. The Morgan fingerprint density at radius 3 is 2.39 bits per heavy atom. The van der Waals surface area contributed by atoms with Crippen molar-refractivity contribution >= 4 is 35.0 Å². The normalized spacial score (nSPS) is 10.4. The molecule has 28 heavy (non-hydrogen) atoms. The Bertz CT molecular complexity index is 957. The lowest BCUT2D eigenvalue weighted by Gasteiger charge is -2.11. The zero-order chi connectivity index (χ0) is 19.6. The molecule has 0 aliphatic rings. The number of benzene rings is 3. The summed E-state index contributed by atoms with van der Waals surface area (Å²) in [5, 5.41) is 5.85. The van der Waals surface area contributed by atoms with Crippen LogP contribution in [-0.2, 0) is 11.4 Å². The molecule has 3 aromatic carbocycles. The first-order valence-electron chi connectivity index (χ1n) is 8.81. The lowest BCUT2D eigenvalue weighted by Crippen LogP contribution is -2.32. The van der Waals surface area contributed by atoms with E-state index in [0.717, 1.165) is 16.8 Å². The summed E-state index contributed by atoms with van der Waals surface area (Å²) in [6.45, 7) is 0.482. The van der Waals surface area contributed by atoms with Crippen LogP contribution in [0.1, 0.15) is 11.1 Å². The largest absolute Gasteiger partial charge is 0.489 e. The number of nitrogens with one attached hydrogen (secondary N) is 2. The maximum Gasteiger partial charge on any atom is 0.250 e. The van der Waals surface area contributed by atoms with E-state index in [1.165, 1.54) is 6.08 Å². The molecular formula is C23H20N2O2S. The molecule has 0 aromatic heterocycles. The summed E-state index contributed by atoms with van der Waals surface area (Å²) in [6.07, 6.45) is 3.18. The van der Waals surface area contributed by atoms with Crippen LogP contribution >= 0.6 is 12.2 Å². The van der Waals surface area contributed by atoms with Gasteiger partial charge in [-0.25, -0.2) is 0 Å². The summed E-state index contributed by atoms with van der Waals surface area (Å²) in [5.74, 6) is 0.421. The van der Waals surface area contributed by atoms with Crippen molar-refractivity contribution in [2.45, 2.75) is 6.61 Å². The molecule has 3 rings (SSSR count). The van der Waals surface area contributed by atoms with Gasteiger partial charge in [0, 0.05) is 17.8 Å². The Morgan fingerprint density at radius 2 is 1.64 bits per heavy atom. The van der Waals surface area contributed by atoms with Gasteiger partial charge >= 0.3 is 0 Å². The van der Waals surface area contributed by atoms with Crippen molar-refractivity contribution in [1.82, 2.24) is 5.32 Å². The first-order chi connectivity index (χ1) is 13.7. The highest BCUT2D eigenvalue weighted by molar-refractivity contribution is 7.80. The zero-order valence-corrected chi connectivity index (χ0v) is 16.0. The van der Waals surface area contributed by atoms with Gasteiger partial charge in [0.15, 0.2) is 5.11 Å². The second-order valence-corrected chi connectivity index (χ2v) is 6.40. The van der Waals surface area contributed by atoms with Crippen LogP contribution in [0.4, 0.5) is 5.69 Å². The molecule has 0 heterocycles. The van der Waals surface area contributed by atoms with E-state index in [9.17, 15) is 4.79 Å². The van der Waals surface area contributed by atoms with Gasteiger partial charge in [0.05, 0.1) is 0 Å². The number of carbonyl (C=O) groups is 1. The second-order valence-electron chi connectivity index (χ2n) is 5.99. The maximum absolute atomic E-state index is 12.0. The van der Waals surface area contributed by atoms with Gasteiger partial charge in [0.1, 0.15) is 12.4 Å². The molecule has 0 unspecified atom stereocenters. The van der Waals surface area contributed by atoms with E-state index in [1.54, 1.807) is 6.08 Å². The van der Waals surface area contributed by atoms with Crippen LogP contribution in [-0.4, -0.2) is 11.0 Å². The van der Waals surface area contributed by atoms with Gasteiger partial charge in [-0.2, -0.15) is 0 Å². The SMILES string of the molecule is O=C(/C=C/c1ccccc1)NC(=S)Nc1cccc(OCc2ccccc2)c1. The van der Waals surface area contributed by atoms with Gasteiger partial charge in [0.2, 0.25) is 5.91 Å². The molecule has 0 bridgehead atoms. The predicted molar refractivity (Wildman–Crippen MR) is 117 cm³/mol. The fourth-order valence-corrected chi connectivity index (χ4v) is 2.67. The summed E-state index contributed by atoms with van der Waals surface area (Å²) in [4.78, 5) is 12.0. The molecule has 140 valence electrons. The Labute approximate surface area is 169 Å². The molecule has 0 radical (unpaired) electrons. The smallest absolute Gasteiger partial charge is 0.250 e. The Hall–Kier alpha value is -3.44. The average molecular weight is 388 g/mol. The highest BCUT2D eigenvalue weighted by atomic mass is 32.1. The van der Waals surface area contributed by atoms with Crippen molar-refractivity contribution in [1.29, 1.82) is 0 Å². The van der Waals surface area contributed by atoms with Gasteiger partial charge in [-0.15, -0.1) is 0 Å². The molecule has 1 amide bonds. The van der Waals surface area contributed by atoms with Gasteiger partial charge < -0.3 is 10.1 Å². The maximum atomic E-state index is 12.0. The molecule has 0 aliphatic carbocycles. The number of carbonyl (C=O) groups excluding carboxylic acids is 1. The van der Waals surface area contributed by atoms with Crippen molar-refractivity contribution in [3.05, 3.63) is 102 Å². The third-order valence-corrected chi connectivity index (χ3v) is 4.01. The Morgan fingerprint density at radius 1 is 0.929 bits per heavy atom. The minimum atomic E-state index is -0.294. The van der Waals surface area contributed by atoms with Crippen LogP contribution in [0, 0.1) is 0 Å². The highest BCUT2D eigenvalue weighted by Crippen LogP contribution is 2.18. The van der Waals surface area contributed by atoms with Crippen molar-refractivity contribution in [3.8, 4) is 5.75 Å². The van der Waals surface area contributed by atoms with E-state index in [-0.39, 0.29) is 11.0 Å². The minimum Gasteiger partial charge on any atom is -0.489 e. The first-order valence-corrected chi connectivity index (χ1v) is 9.22. The third-order valence-electron chi connectivity index (χ3n) is 3.80. The topological polar surface area (TPSA) is 50.4 Å². The minimum absolute atomic E-state index is 0.225. The van der Waals surface area contributed by atoms with E-state index >= 15 is 0 Å². The number of anilines is 1. The third kappa shape index (κ3) is 6.37. The van der Waals surface area contributed by atoms with E-state index in [2.05, 4.69) is 10.6 Å². The summed E-state index contributed by atoms with van der Waals surface area (Å²) >= 11 is 5.21. The molecule has 4 nitrogen and oxygen atoms in total. The molecule has 0 atom stereocenters. The predicted octanol–water partition coefficient (Wildman–Crippen LogP) is 4.79. The number of thiocarbonyl (C=S) groups is 1. The Kier molecular flexibility index (Phi) is 6.93. The van der Waals surface area contributed by atoms with Gasteiger partial charge in [0.25, 0.3) is 0 Å². The quantitative estimate of drug-likeness (QED) is 0.471. The number of hydrogen-bond donors (Lipinski definition) is 2. The molecule has 5 heteroatoms. The zero-order valence-electron chi connectivity index (χ0n) is 15.2. The first kappa shape index (κ1) is 19.3. The number of amides is 1. The van der Waals surface area contributed by atoms with Crippen LogP contribution in [0.25, 0.3) is 6.08 Å². The molecule has 0 fully saturated rings. The molecule has 0 spiro atoms. The molecule has 0 saturated carbocycles. The number of ether oxygens (including phenoxy) is 1. The Balaban J connectivity index is 1.51. The number of hydrogen-bond acceptors (Lipinski definition) is 3. The van der Waals surface area contributed by atoms with E-state index in [0.29, 0.717) is 12.4 Å². The number of rotatable bonds is 6.